The highest BCUT2D eigenvalue weighted by Crippen LogP contribution is 2.50. The average molecular weight is 330 g/mol. The summed E-state index contributed by atoms with van der Waals surface area (Å²) in [5.41, 5.74) is 0. The lowest BCUT2D eigenvalue weighted by atomic mass is 10.2. The van der Waals surface area contributed by atoms with Crippen LogP contribution in [0.4, 0.5) is 0 Å². The molecule has 5 nitrogen and oxygen atoms in total. The maximum Gasteiger partial charge on any atom is 0.289 e. The molecule has 1 saturated carbocycles. The molecule has 0 radical (unpaired) electrons. The molecule has 6 heteroatoms. The first-order valence-corrected chi connectivity index (χ1v) is 8.77. The fourth-order valence-corrected chi connectivity index (χ4v) is 4.11. The highest BCUT2D eigenvalue weighted by atomic mass is 32.1. The van der Waals surface area contributed by atoms with Crippen molar-refractivity contribution in [1.29, 1.82) is 0 Å². The topological polar surface area (TPSA) is 53.8 Å². The van der Waals surface area contributed by atoms with Gasteiger partial charge < -0.3 is 14.2 Å². The molecular weight excluding hydrogens is 312 g/mol. The Kier molecular flexibility index (Phi) is 3.69. The van der Waals surface area contributed by atoms with Crippen LogP contribution >= 0.6 is 11.3 Å². The predicted molar refractivity (Wildman–Crippen MR) is 86.4 cm³/mol. The second-order valence-corrected chi connectivity index (χ2v) is 7.04. The van der Waals surface area contributed by atoms with Crippen LogP contribution < -0.4 is 0 Å². The first kappa shape index (κ1) is 14.5. The Hall–Kier alpha value is -2.08. The summed E-state index contributed by atoms with van der Waals surface area (Å²) in [6.45, 7) is 2.36. The maximum atomic E-state index is 12.6. The van der Waals surface area contributed by atoms with Crippen LogP contribution in [-0.4, -0.2) is 47.8 Å². The van der Waals surface area contributed by atoms with Crippen molar-refractivity contribution in [2.24, 2.45) is 5.92 Å². The Morgan fingerprint density at radius 3 is 2.52 bits per heavy atom. The SMILES string of the molecule is O=C(c1ccco1)N1CCN(C(=O)[C@@H]2C[C@@H]2c2cccs2)CC1. The Balaban J connectivity index is 1.32. The summed E-state index contributed by atoms with van der Waals surface area (Å²) in [5.74, 6) is 1.06. The third-order valence-electron chi connectivity index (χ3n) is 4.63. The van der Waals surface area contributed by atoms with Crippen molar-refractivity contribution in [3.63, 3.8) is 0 Å². The van der Waals surface area contributed by atoms with E-state index in [1.165, 1.54) is 11.1 Å². The number of hydrogen-bond donors (Lipinski definition) is 0. The number of rotatable bonds is 3. The second kappa shape index (κ2) is 5.85. The minimum Gasteiger partial charge on any atom is -0.459 e. The quantitative estimate of drug-likeness (QED) is 0.868. The zero-order valence-electron chi connectivity index (χ0n) is 12.7. The highest BCUT2D eigenvalue weighted by molar-refractivity contribution is 7.10. The van der Waals surface area contributed by atoms with Gasteiger partial charge in [-0.15, -0.1) is 11.3 Å². The van der Waals surface area contributed by atoms with Gasteiger partial charge in [-0.25, -0.2) is 0 Å². The van der Waals surface area contributed by atoms with E-state index in [0.717, 1.165) is 6.42 Å². The van der Waals surface area contributed by atoms with Crippen molar-refractivity contribution in [2.75, 3.05) is 26.2 Å². The van der Waals surface area contributed by atoms with E-state index in [9.17, 15) is 9.59 Å². The number of hydrogen-bond acceptors (Lipinski definition) is 4. The van der Waals surface area contributed by atoms with E-state index in [4.69, 9.17) is 4.42 Å². The van der Waals surface area contributed by atoms with Gasteiger partial charge in [-0.05, 0) is 30.0 Å². The van der Waals surface area contributed by atoms with Crippen LogP contribution in [-0.2, 0) is 4.79 Å². The van der Waals surface area contributed by atoms with Crippen LogP contribution in [0.25, 0.3) is 0 Å². The largest absolute Gasteiger partial charge is 0.459 e. The van der Waals surface area contributed by atoms with Crippen LogP contribution in [0.2, 0.25) is 0 Å². The minimum atomic E-state index is -0.0926. The van der Waals surface area contributed by atoms with Crippen LogP contribution in [0, 0.1) is 5.92 Å². The van der Waals surface area contributed by atoms with Gasteiger partial charge in [0.2, 0.25) is 5.91 Å². The van der Waals surface area contributed by atoms with E-state index in [1.54, 1.807) is 28.4 Å². The second-order valence-electron chi connectivity index (χ2n) is 6.06. The molecule has 1 aliphatic heterocycles. The summed E-state index contributed by atoms with van der Waals surface area (Å²) >= 11 is 1.73. The van der Waals surface area contributed by atoms with Gasteiger partial charge >= 0.3 is 0 Å². The molecule has 2 aromatic rings. The molecule has 2 atom stereocenters. The maximum absolute atomic E-state index is 12.6. The number of amides is 2. The molecular formula is C17H18N2O3S. The molecule has 0 unspecified atom stereocenters. The first-order chi connectivity index (χ1) is 11.2. The number of nitrogens with zero attached hydrogens (tertiary/aromatic N) is 2. The van der Waals surface area contributed by atoms with Crippen LogP contribution in [0.15, 0.2) is 40.3 Å². The van der Waals surface area contributed by atoms with Crippen LogP contribution in [0.3, 0.4) is 0 Å². The first-order valence-electron chi connectivity index (χ1n) is 7.89. The Morgan fingerprint density at radius 1 is 1.09 bits per heavy atom. The molecule has 2 aromatic heterocycles. The summed E-state index contributed by atoms with van der Waals surface area (Å²) < 4.78 is 5.16. The molecule has 2 amide bonds. The van der Waals surface area contributed by atoms with Crippen molar-refractivity contribution in [2.45, 2.75) is 12.3 Å². The average Bonchev–Trinajstić information content (AvgIpc) is 3.00. The van der Waals surface area contributed by atoms with E-state index in [-0.39, 0.29) is 17.7 Å². The molecule has 23 heavy (non-hydrogen) atoms. The Labute approximate surface area is 138 Å². The molecule has 1 aliphatic carbocycles. The normalized spacial score (nSPS) is 23.8. The molecule has 3 heterocycles. The summed E-state index contributed by atoms with van der Waals surface area (Å²) in [6.07, 6.45) is 2.47. The zero-order chi connectivity index (χ0) is 15.8. The molecule has 2 fully saturated rings. The molecule has 1 saturated heterocycles. The van der Waals surface area contributed by atoms with E-state index >= 15 is 0 Å². The van der Waals surface area contributed by atoms with Crippen molar-refractivity contribution < 1.29 is 14.0 Å². The predicted octanol–water partition coefficient (Wildman–Crippen LogP) is 2.43. The summed E-state index contributed by atoms with van der Waals surface area (Å²) in [6, 6.07) is 7.54. The molecule has 0 bridgehead atoms. The molecule has 0 spiro atoms. The van der Waals surface area contributed by atoms with Gasteiger partial charge in [-0.1, -0.05) is 6.07 Å². The van der Waals surface area contributed by atoms with Gasteiger partial charge in [-0.2, -0.15) is 0 Å². The third-order valence-corrected chi connectivity index (χ3v) is 5.63. The van der Waals surface area contributed by atoms with Gasteiger partial charge in [0.25, 0.3) is 5.91 Å². The van der Waals surface area contributed by atoms with Gasteiger partial charge in [0, 0.05) is 42.9 Å². The van der Waals surface area contributed by atoms with E-state index < -0.39 is 0 Å². The van der Waals surface area contributed by atoms with Gasteiger partial charge in [0.05, 0.1) is 6.26 Å². The van der Waals surface area contributed by atoms with E-state index in [2.05, 4.69) is 11.4 Å². The lowest BCUT2D eigenvalue weighted by molar-refractivity contribution is -0.134. The number of furan rings is 1. The number of carbonyl (C=O) groups excluding carboxylic acids is 2. The number of piperazine rings is 1. The third kappa shape index (κ3) is 2.79. The standard InChI is InChI=1S/C17H18N2O3S/c20-16(13-11-12(13)15-4-2-10-23-15)18-5-7-19(8-6-18)17(21)14-3-1-9-22-14/h1-4,9-10,12-13H,5-8,11H2/t12-,13+/m0/s1. The van der Waals surface area contributed by atoms with E-state index in [1.807, 2.05) is 11.0 Å². The summed E-state index contributed by atoms with van der Waals surface area (Å²) in [4.78, 5) is 29.8. The summed E-state index contributed by atoms with van der Waals surface area (Å²) in [5, 5.41) is 2.06. The molecule has 0 aromatic carbocycles. The fourth-order valence-electron chi connectivity index (χ4n) is 3.21. The molecule has 2 aliphatic rings. The lowest BCUT2D eigenvalue weighted by Gasteiger charge is -2.34. The van der Waals surface area contributed by atoms with Crippen LogP contribution in [0.1, 0.15) is 27.8 Å². The minimum absolute atomic E-state index is 0.0926. The van der Waals surface area contributed by atoms with Gasteiger partial charge in [0.15, 0.2) is 5.76 Å². The van der Waals surface area contributed by atoms with Crippen molar-refractivity contribution in [1.82, 2.24) is 9.80 Å². The smallest absolute Gasteiger partial charge is 0.289 e. The Bertz CT molecular complexity index is 688. The van der Waals surface area contributed by atoms with Gasteiger partial charge in [0.1, 0.15) is 0 Å². The lowest BCUT2D eigenvalue weighted by Crippen LogP contribution is -2.51. The van der Waals surface area contributed by atoms with Crippen molar-refractivity contribution in [3.8, 4) is 0 Å². The monoisotopic (exact) mass is 330 g/mol. The van der Waals surface area contributed by atoms with Gasteiger partial charge in [-0.3, -0.25) is 9.59 Å². The fraction of sp³-hybridized carbons (Fsp3) is 0.412. The number of carbonyl (C=O) groups is 2. The van der Waals surface area contributed by atoms with E-state index in [0.29, 0.717) is 37.9 Å². The Morgan fingerprint density at radius 2 is 1.87 bits per heavy atom. The number of thiophene rings is 1. The molecule has 4 rings (SSSR count). The highest BCUT2D eigenvalue weighted by Gasteiger charge is 2.46. The zero-order valence-corrected chi connectivity index (χ0v) is 13.5. The van der Waals surface area contributed by atoms with Crippen molar-refractivity contribution in [3.05, 3.63) is 46.5 Å². The summed E-state index contributed by atoms with van der Waals surface area (Å²) in [7, 11) is 0. The van der Waals surface area contributed by atoms with Crippen LogP contribution in [0.5, 0.6) is 0 Å². The molecule has 0 N–H and O–H groups in total. The molecule has 120 valence electrons. The van der Waals surface area contributed by atoms with Crippen molar-refractivity contribution >= 4 is 23.2 Å².